The Hall–Kier alpha value is -1.30. The molecule has 1 aromatic carbocycles. The average Bonchev–Trinajstić information content (AvgIpc) is 2.42. The van der Waals surface area contributed by atoms with Crippen LogP contribution in [-0.4, -0.2) is 27.1 Å². The number of rotatable bonds is 3. The molecule has 0 heterocycles. The zero-order valence-corrected chi connectivity index (χ0v) is 13.7. The van der Waals surface area contributed by atoms with Gasteiger partial charge in [-0.15, -0.1) is 0 Å². The van der Waals surface area contributed by atoms with Crippen LogP contribution in [0.1, 0.15) is 29.6 Å². The molecule has 22 heavy (non-hydrogen) atoms. The summed E-state index contributed by atoms with van der Waals surface area (Å²) in [4.78, 5) is 27.3. The minimum absolute atomic E-state index is 0.153. The molecule has 0 bridgehead atoms. The largest absolute Gasteiger partial charge is 0.447 e. The molecule has 0 spiro atoms. The Morgan fingerprint density at radius 3 is 2.23 bits per heavy atom. The Morgan fingerprint density at radius 2 is 1.77 bits per heavy atom. The van der Waals surface area contributed by atoms with Gasteiger partial charge in [0, 0.05) is 0 Å². The molecule has 2 N–H and O–H groups in total. The summed E-state index contributed by atoms with van der Waals surface area (Å²) in [6.45, 7) is 0. The maximum absolute atomic E-state index is 12.1. The van der Waals surface area contributed by atoms with Gasteiger partial charge in [0.2, 0.25) is 0 Å². The third-order valence-corrected chi connectivity index (χ3v) is 3.88. The number of benzene rings is 1. The molecule has 0 atom stereocenters. The van der Waals surface area contributed by atoms with E-state index in [1.54, 1.807) is 30.3 Å². The molecule has 5 nitrogen and oxygen atoms in total. The molecule has 1 fully saturated rings. The molecule has 118 valence electrons. The van der Waals surface area contributed by atoms with Crippen LogP contribution in [0, 0.1) is 0 Å². The summed E-state index contributed by atoms with van der Waals surface area (Å²) in [7, 11) is 0. The Morgan fingerprint density at radius 1 is 1.18 bits per heavy atom. The fourth-order valence-corrected chi connectivity index (χ4v) is 2.12. The first-order valence-electron chi connectivity index (χ1n) is 6.49. The third-order valence-electron chi connectivity index (χ3n) is 3.39. The molecule has 2 rings (SSSR count). The fourth-order valence-electron chi connectivity index (χ4n) is 1.99. The zero-order chi connectivity index (χ0) is 16.4. The first-order valence-corrected chi connectivity index (χ1v) is 7.62. The Bertz CT molecular complexity index is 608. The minimum Gasteiger partial charge on any atom is -0.447 e. The van der Waals surface area contributed by atoms with E-state index < -0.39 is 21.3 Å². The van der Waals surface area contributed by atoms with Crippen LogP contribution < -0.4 is 5.73 Å². The van der Waals surface area contributed by atoms with E-state index in [0.29, 0.717) is 18.4 Å². The summed E-state index contributed by atoms with van der Waals surface area (Å²) >= 11 is 16.4. The van der Waals surface area contributed by atoms with Crippen molar-refractivity contribution in [3.63, 3.8) is 0 Å². The Kier molecular flexibility index (Phi) is 5.00. The van der Waals surface area contributed by atoms with Gasteiger partial charge in [-0.3, -0.25) is 4.79 Å². The van der Waals surface area contributed by atoms with E-state index in [2.05, 4.69) is 4.99 Å². The lowest BCUT2D eigenvalue weighted by Gasteiger charge is -2.40. The smallest absolute Gasteiger partial charge is 0.339 e. The summed E-state index contributed by atoms with van der Waals surface area (Å²) < 4.78 is 3.26. The number of nitrogens with zero attached hydrogens (tertiary/aromatic N) is 1. The normalized spacial score (nSPS) is 17.5. The highest BCUT2D eigenvalue weighted by Gasteiger charge is 2.46. The summed E-state index contributed by atoms with van der Waals surface area (Å²) in [5, 5.41) is 0. The monoisotopic (exact) mass is 362 g/mol. The molecule has 0 unspecified atom stereocenters. The van der Waals surface area contributed by atoms with Crippen LogP contribution in [0.4, 0.5) is 0 Å². The van der Waals surface area contributed by atoms with E-state index in [9.17, 15) is 9.59 Å². The lowest BCUT2D eigenvalue weighted by Crippen LogP contribution is -2.53. The molecule has 1 aromatic rings. The van der Waals surface area contributed by atoms with Crippen LogP contribution in [-0.2, 0) is 9.53 Å². The lowest BCUT2D eigenvalue weighted by atomic mass is 9.79. The van der Waals surface area contributed by atoms with Gasteiger partial charge in [0.25, 0.3) is 9.70 Å². The SMILES string of the molecule is NC(=NC(=O)C(Cl)(Cl)Cl)C1(OC(=O)c2ccccc2)CCC1. The van der Waals surface area contributed by atoms with Gasteiger partial charge in [-0.05, 0) is 31.4 Å². The van der Waals surface area contributed by atoms with Gasteiger partial charge >= 0.3 is 5.97 Å². The van der Waals surface area contributed by atoms with E-state index in [0.717, 1.165) is 6.42 Å². The summed E-state index contributed by atoms with van der Waals surface area (Å²) in [5.74, 6) is -1.71. The zero-order valence-electron chi connectivity index (χ0n) is 11.4. The van der Waals surface area contributed by atoms with Crippen molar-refractivity contribution in [3.05, 3.63) is 35.9 Å². The fraction of sp³-hybridized carbons (Fsp3) is 0.357. The van der Waals surface area contributed by atoms with Crippen molar-refractivity contribution in [2.75, 3.05) is 0 Å². The van der Waals surface area contributed by atoms with Gasteiger partial charge in [-0.1, -0.05) is 53.0 Å². The molecule has 1 aliphatic rings. The summed E-state index contributed by atoms with van der Waals surface area (Å²) in [6.07, 6.45) is 1.72. The standard InChI is InChI=1S/C14H13Cl3N2O3/c15-14(16,17)12(21)19-11(18)13(7-4-8-13)22-10(20)9-5-2-1-3-6-9/h1-3,5-6H,4,7-8H2,(H2,18,19,21). The van der Waals surface area contributed by atoms with Crippen LogP contribution in [0.3, 0.4) is 0 Å². The molecule has 8 heteroatoms. The number of amides is 1. The van der Waals surface area contributed by atoms with Crippen LogP contribution in [0.5, 0.6) is 0 Å². The van der Waals surface area contributed by atoms with Crippen LogP contribution in [0.25, 0.3) is 0 Å². The summed E-state index contributed by atoms with van der Waals surface area (Å²) in [5.41, 5.74) is 5.08. The number of hydrogen-bond donors (Lipinski definition) is 1. The van der Waals surface area contributed by atoms with Gasteiger partial charge in [-0.2, -0.15) is 4.99 Å². The third kappa shape index (κ3) is 3.72. The molecule has 0 aromatic heterocycles. The quantitative estimate of drug-likeness (QED) is 0.387. The van der Waals surface area contributed by atoms with Crippen LogP contribution in [0.2, 0.25) is 0 Å². The predicted molar refractivity (Wildman–Crippen MR) is 85.4 cm³/mol. The maximum Gasteiger partial charge on any atom is 0.339 e. The maximum atomic E-state index is 12.1. The van der Waals surface area contributed by atoms with Gasteiger partial charge in [0.15, 0.2) is 5.60 Å². The summed E-state index contributed by atoms with van der Waals surface area (Å²) in [6, 6.07) is 8.45. The second kappa shape index (κ2) is 6.44. The van der Waals surface area contributed by atoms with E-state index in [1.807, 2.05) is 0 Å². The molecular weight excluding hydrogens is 351 g/mol. The number of aliphatic imine (C=N–C) groups is 1. The second-order valence-corrected chi connectivity index (χ2v) is 7.18. The second-order valence-electron chi connectivity index (χ2n) is 4.90. The van der Waals surface area contributed by atoms with Crippen LogP contribution in [0.15, 0.2) is 35.3 Å². The van der Waals surface area contributed by atoms with E-state index in [1.165, 1.54) is 0 Å². The average molecular weight is 364 g/mol. The van der Waals surface area contributed by atoms with E-state index >= 15 is 0 Å². The molecule has 0 saturated heterocycles. The predicted octanol–water partition coefficient (Wildman–Crippen LogP) is 3.02. The molecule has 0 radical (unpaired) electrons. The molecule has 1 amide bonds. The highest BCUT2D eigenvalue weighted by atomic mass is 35.6. The minimum atomic E-state index is -2.20. The number of nitrogens with two attached hydrogens (primary N) is 1. The van der Waals surface area contributed by atoms with E-state index in [-0.39, 0.29) is 5.84 Å². The molecule has 1 saturated carbocycles. The molecular formula is C14H13Cl3N2O3. The van der Waals surface area contributed by atoms with Crippen molar-refractivity contribution < 1.29 is 14.3 Å². The van der Waals surface area contributed by atoms with E-state index in [4.69, 9.17) is 45.3 Å². The van der Waals surface area contributed by atoms with Crippen molar-refractivity contribution in [3.8, 4) is 0 Å². The van der Waals surface area contributed by atoms with Gasteiger partial charge < -0.3 is 10.5 Å². The number of halogens is 3. The van der Waals surface area contributed by atoms with Gasteiger partial charge in [-0.25, -0.2) is 4.79 Å². The Balaban J connectivity index is 2.17. The number of carbonyl (C=O) groups is 2. The lowest BCUT2D eigenvalue weighted by molar-refractivity contribution is -0.117. The van der Waals surface area contributed by atoms with Crippen LogP contribution >= 0.6 is 34.8 Å². The number of amidine groups is 1. The first-order chi connectivity index (χ1) is 10.2. The highest BCUT2D eigenvalue weighted by Crippen LogP contribution is 2.37. The van der Waals surface area contributed by atoms with Crippen molar-refractivity contribution >= 4 is 52.5 Å². The number of ether oxygens (including phenoxy) is 1. The van der Waals surface area contributed by atoms with Crippen molar-refractivity contribution in [2.24, 2.45) is 10.7 Å². The van der Waals surface area contributed by atoms with Gasteiger partial charge in [0.05, 0.1) is 5.56 Å². The van der Waals surface area contributed by atoms with Crippen molar-refractivity contribution in [1.82, 2.24) is 0 Å². The number of hydrogen-bond acceptors (Lipinski definition) is 3. The number of esters is 1. The van der Waals surface area contributed by atoms with Crippen molar-refractivity contribution in [2.45, 2.75) is 28.7 Å². The van der Waals surface area contributed by atoms with Gasteiger partial charge in [0.1, 0.15) is 5.84 Å². The molecule has 1 aliphatic carbocycles. The number of alkyl halides is 3. The Labute approximate surface area is 142 Å². The molecule has 0 aliphatic heterocycles. The first kappa shape index (κ1) is 17.1. The van der Waals surface area contributed by atoms with Crippen molar-refractivity contribution in [1.29, 1.82) is 0 Å². The number of carbonyl (C=O) groups excluding carboxylic acids is 2. The topological polar surface area (TPSA) is 81.8 Å². The highest BCUT2D eigenvalue weighted by molar-refractivity contribution is 6.76.